The quantitative estimate of drug-likeness (QED) is 0.827. The van der Waals surface area contributed by atoms with Crippen LogP contribution in [-0.4, -0.2) is 48.3 Å². The van der Waals surface area contributed by atoms with Crippen molar-refractivity contribution >= 4 is 11.6 Å². The largest absolute Gasteiger partial charge is 0.491 e. The topological polar surface area (TPSA) is 61.8 Å². The van der Waals surface area contributed by atoms with Crippen molar-refractivity contribution in [1.82, 2.24) is 4.90 Å². The molecule has 110 valence electrons. The molecule has 5 nitrogen and oxygen atoms in total. The average Bonchev–Trinajstić information content (AvgIpc) is 2.90. The molecular formula is C15H22N2O3. The van der Waals surface area contributed by atoms with Gasteiger partial charge >= 0.3 is 0 Å². The molecule has 20 heavy (non-hydrogen) atoms. The Hall–Kier alpha value is -1.59. The van der Waals surface area contributed by atoms with Crippen molar-refractivity contribution < 1.29 is 14.6 Å². The third-order valence-corrected chi connectivity index (χ3v) is 3.28. The van der Waals surface area contributed by atoms with Crippen LogP contribution >= 0.6 is 0 Å². The van der Waals surface area contributed by atoms with Gasteiger partial charge in [-0.3, -0.25) is 4.79 Å². The molecule has 1 fully saturated rings. The standard InChI is InChI=1S/C15H22N2O3/c1-12(18)16-13-4-6-15(7-5-13)20-11-14(19)10-17-8-2-3-9-17/h4-7,14,19H,2-3,8-11H2,1H3,(H,16,18)/t14-/m0/s1. The lowest BCUT2D eigenvalue weighted by Crippen LogP contribution is -2.33. The zero-order valence-electron chi connectivity index (χ0n) is 11.8. The summed E-state index contributed by atoms with van der Waals surface area (Å²) in [4.78, 5) is 13.2. The van der Waals surface area contributed by atoms with Crippen LogP contribution in [0.3, 0.4) is 0 Å². The van der Waals surface area contributed by atoms with Crippen molar-refractivity contribution in [3.8, 4) is 5.75 Å². The summed E-state index contributed by atoms with van der Waals surface area (Å²) in [5.41, 5.74) is 0.738. The van der Waals surface area contributed by atoms with Gasteiger partial charge in [0.25, 0.3) is 0 Å². The minimum atomic E-state index is -0.469. The maximum atomic E-state index is 10.9. The Kier molecular flexibility index (Phi) is 5.38. The number of benzene rings is 1. The van der Waals surface area contributed by atoms with Gasteiger partial charge in [0.2, 0.25) is 5.91 Å². The van der Waals surface area contributed by atoms with Crippen LogP contribution in [0.15, 0.2) is 24.3 Å². The predicted molar refractivity (Wildman–Crippen MR) is 77.9 cm³/mol. The highest BCUT2D eigenvalue weighted by Crippen LogP contribution is 2.16. The molecule has 0 aromatic heterocycles. The Labute approximate surface area is 119 Å². The first kappa shape index (κ1) is 14.8. The molecule has 1 aliphatic heterocycles. The first-order valence-corrected chi connectivity index (χ1v) is 7.04. The summed E-state index contributed by atoms with van der Waals surface area (Å²) in [6.07, 6.45) is 1.97. The Morgan fingerprint density at radius 3 is 2.60 bits per heavy atom. The fourth-order valence-electron chi connectivity index (χ4n) is 2.35. The molecule has 1 amide bonds. The van der Waals surface area contributed by atoms with Gasteiger partial charge in [0.15, 0.2) is 0 Å². The molecule has 0 bridgehead atoms. The number of ether oxygens (including phenoxy) is 1. The van der Waals surface area contributed by atoms with Gasteiger partial charge in [-0.1, -0.05) is 0 Å². The lowest BCUT2D eigenvalue weighted by molar-refractivity contribution is -0.114. The lowest BCUT2D eigenvalue weighted by Gasteiger charge is -2.19. The van der Waals surface area contributed by atoms with Crippen LogP contribution in [0.5, 0.6) is 5.75 Å². The Morgan fingerprint density at radius 2 is 2.00 bits per heavy atom. The van der Waals surface area contributed by atoms with Crippen LogP contribution < -0.4 is 10.1 Å². The molecule has 1 aliphatic rings. The Balaban J connectivity index is 1.73. The molecule has 0 aliphatic carbocycles. The molecule has 1 aromatic rings. The van der Waals surface area contributed by atoms with Crippen LogP contribution in [0.25, 0.3) is 0 Å². The van der Waals surface area contributed by atoms with Crippen molar-refractivity contribution in [1.29, 1.82) is 0 Å². The average molecular weight is 278 g/mol. The van der Waals surface area contributed by atoms with Crippen molar-refractivity contribution in [2.24, 2.45) is 0 Å². The number of likely N-dealkylation sites (tertiary alicyclic amines) is 1. The fraction of sp³-hybridized carbons (Fsp3) is 0.533. The van der Waals surface area contributed by atoms with E-state index in [0.29, 0.717) is 12.3 Å². The normalized spacial score (nSPS) is 16.9. The molecule has 1 atom stereocenters. The second-order valence-electron chi connectivity index (χ2n) is 5.18. The fourth-order valence-corrected chi connectivity index (χ4v) is 2.35. The summed E-state index contributed by atoms with van der Waals surface area (Å²) in [5, 5.41) is 12.6. The molecule has 0 unspecified atom stereocenters. The zero-order valence-corrected chi connectivity index (χ0v) is 11.8. The van der Waals surface area contributed by atoms with Gasteiger partial charge in [-0.15, -0.1) is 0 Å². The van der Waals surface area contributed by atoms with E-state index in [2.05, 4.69) is 10.2 Å². The van der Waals surface area contributed by atoms with E-state index in [0.717, 1.165) is 18.8 Å². The molecule has 2 N–H and O–H groups in total. The first-order valence-electron chi connectivity index (χ1n) is 7.04. The number of amides is 1. The highest BCUT2D eigenvalue weighted by atomic mass is 16.5. The van der Waals surface area contributed by atoms with Crippen LogP contribution in [0.2, 0.25) is 0 Å². The molecule has 2 rings (SSSR count). The predicted octanol–water partition coefficient (Wildman–Crippen LogP) is 1.48. The molecule has 0 saturated carbocycles. The van der Waals surface area contributed by atoms with Crippen molar-refractivity contribution in [3.05, 3.63) is 24.3 Å². The van der Waals surface area contributed by atoms with E-state index in [9.17, 15) is 9.90 Å². The van der Waals surface area contributed by atoms with Gasteiger partial charge in [0, 0.05) is 19.2 Å². The van der Waals surface area contributed by atoms with E-state index in [1.54, 1.807) is 24.3 Å². The number of anilines is 1. The number of aliphatic hydroxyl groups excluding tert-OH is 1. The Bertz CT molecular complexity index is 427. The summed E-state index contributed by atoms with van der Waals surface area (Å²) < 4.78 is 5.55. The third kappa shape index (κ3) is 4.83. The van der Waals surface area contributed by atoms with Gasteiger partial charge in [0.05, 0.1) is 0 Å². The first-order chi connectivity index (χ1) is 9.63. The van der Waals surface area contributed by atoms with Crippen molar-refractivity contribution in [3.63, 3.8) is 0 Å². The van der Waals surface area contributed by atoms with Gasteiger partial charge in [-0.25, -0.2) is 0 Å². The van der Waals surface area contributed by atoms with E-state index < -0.39 is 6.10 Å². The number of carbonyl (C=O) groups is 1. The van der Waals surface area contributed by atoms with Crippen LogP contribution in [0.4, 0.5) is 5.69 Å². The van der Waals surface area contributed by atoms with Gasteiger partial charge in [-0.2, -0.15) is 0 Å². The molecule has 1 aromatic carbocycles. The summed E-state index contributed by atoms with van der Waals surface area (Å²) in [6.45, 7) is 4.57. The monoisotopic (exact) mass is 278 g/mol. The van der Waals surface area contributed by atoms with E-state index in [4.69, 9.17) is 4.74 Å². The third-order valence-electron chi connectivity index (χ3n) is 3.28. The minimum absolute atomic E-state index is 0.0975. The van der Waals surface area contributed by atoms with Crippen LogP contribution in [0.1, 0.15) is 19.8 Å². The van der Waals surface area contributed by atoms with E-state index >= 15 is 0 Å². The number of hydrogen-bond donors (Lipinski definition) is 2. The van der Waals surface area contributed by atoms with E-state index in [-0.39, 0.29) is 12.5 Å². The number of hydrogen-bond acceptors (Lipinski definition) is 4. The number of nitrogens with zero attached hydrogens (tertiary/aromatic N) is 1. The van der Waals surface area contributed by atoms with Crippen molar-refractivity contribution in [2.75, 3.05) is 31.6 Å². The van der Waals surface area contributed by atoms with E-state index in [1.165, 1.54) is 19.8 Å². The molecule has 1 heterocycles. The number of carbonyl (C=O) groups excluding carboxylic acids is 1. The number of nitrogens with one attached hydrogen (secondary N) is 1. The number of aliphatic hydroxyl groups is 1. The van der Waals surface area contributed by atoms with Gasteiger partial charge < -0.3 is 20.1 Å². The summed E-state index contributed by atoms with van der Waals surface area (Å²) in [7, 11) is 0. The summed E-state index contributed by atoms with van der Waals surface area (Å²) in [6, 6.07) is 7.13. The Morgan fingerprint density at radius 1 is 1.35 bits per heavy atom. The molecule has 0 radical (unpaired) electrons. The van der Waals surface area contributed by atoms with Gasteiger partial charge in [0.1, 0.15) is 18.5 Å². The second-order valence-corrected chi connectivity index (χ2v) is 5.18. The maximum absolute atomic E-state index is 10.9. The number of β-amino-alcohol motifs (C(OH)–C–C–N with tert-alkyl or cyclic N) is 1. The lowest BCUT2D eigenvalue weighted by atomic mass is 10.3. The number of rotatable bonds is 6. The van der Waals surface area contributed by atoms with Crippen molar-refractivity contribution in [2.45, 2.75) is 25.9 Å². The SMILES string of the molecule is CC(=O)Nc1ccc(OC[C@@H](O)CN2CCCC2)cc1. The molecule has 5 heteroatoms. The molecule has 1 saturated heterocycles. The second kappa shape index (κ2) is 7.26. The van der Waals surface area contributed by atoms with E-state index in [1.807, 2.05) is 0 Å². The minimum Gasteiger partial charge on any atom is -0.491 e. The zero-order chi connectivity index (χ0) is 14.4. The van der Waals surface area contributed by atoms with Gasteiger partial charge in [-0.05, 0) is 50.2 Å². The summed E-state index contributed by atoms with van der Waals surface area (Å²) in [5.74, 6) is 0.597. The maximum Gasteiger partial charge on any atom is 0.221 e. The molecule has 0 spiro atoms. The van der Waals surface area contributed by atoms with Crippen LogP contribution in [0, 0.1) is 0 Å². The van der Waals surface area contributed by atoms with Crippen LogP contribution in [-0.2, 0) is 4.79 Å². The molecular weight excluding hydrogens is 256 g/mol. The smallest absolute Gasteiger partial charge is 0.221 e. The highest BCUT2D eigenvalue weighted by Gasteiger charge is 2.16. The highest BCUT2D eigenvalue weighted by molar-refractivity contribution is 5.88. The summed E-state index contributed by atoms with van der Waals surface area (Å²) >= 11 is 0.